The third-order valence-corrected chi connectivity index (χ3v) is 8.17. The van der Waals surface area contributed by atoms with Gasteiger partial charge < -0.3 is 10.4 Å². The Bertz CT molecular complexity index is 1090. The molecule has 0 radical (unpaired) electrons. The standard InChI is InChI=1S/C21H25N3O4S2/c1-12(2)15-9-14(11-22)10-16(13(3)4)19(15)23-20(25)24-30(27,28)18-6-5-17(29-18)21(26)7-8-21/h5-6,9-10,12-13,26H,7-8H2,1-4H3,(H2,23,24,25). The molecule has 0 unspecified atom stereocenters. The van der Waals surface area contributed by atoms with Crippen molar-refractivity contribution in [1.82, 2.24) is 4.72 Å². The second-order valence-corrected chi connectivity index (χ2v) is 11.2. The lowest BCUT2D eigenvalue weighted by molar-refractivity contribution is 0.155. The molecule has 9 heteroatoms. The van der Waals surface area contributed by atoms with E-state index in [9.17, 15) is 23.6 Å². The quantitative estimate of drug-likeness (QED) is 0.608. The van der Waals surface area contributed by atoms with Gasteiger partial charge in [0.2, 0.25) is 0 Å². The normalized spacial score (nSPS) is 15.1. The summed E-state index contributed by atoms with van der Waals surface area (Å²) in [6.45, 7) is 7.76. The molecule has 0 saturated heterocycles. The number of benzene rings is 1. The van der Waals surface area contributed by atoms with Gasteiger partial charge in [0.05, 0.1) is 17.2 Å². The minimum atomic E-state index is -4.08. The van der Waals surface area contributed by atoms with E-state index in [2.05, 4.69) is 16.1 Å². The Balaban J connectivity index is 1.87. The van der Waals surface area contributed by atoms with Crippen molar-refractivity contribution in [2.24, 2.45) is 0 Å². The number of rotatable bonds is 6. The number of sulfonamides is 1. The van der Waals surface area contributed by atoms with E-state index in [0.29, 0.717) is 29.0 Å². The summed E-state index contributed by atoms with van der Waals surface area (Å²) in [5, 5.41) is 22.2. The third kappa shape index (κ3) is 4.51. The van der Waals surface area contributed by atoms with Crippen molar-refractivity contribution in [3.8, 4) is 6.07 Å². The molecule has 1 aromatic carbocycles. The first-order valence-electron chi connectivity index (χ1n) is 9.71. The monoisotopic (exact) mass is 447 g/mol. The summed E-state index contributed by atoms with van der Waals surface area (Å²) < 4.78 is 27.3. The van der Waals surface area contributed by atoms with Crippen LogP contribution in [0.4, 0.5) is 10.5 Å². The third-order valence-electron chi connectivity index (χ3n) is 5.07. The summed E-state index contributed by atoms with van der Waals surface area (Å²) >= 11 is 0.962. The van der Waals surface area contributed by atoms with Gasteiger partial charge in [-0.2, -0.15) is 5.26 Å². The largest absolute Gasteiger partial charge is 0.384 e. The highest BCUT2D eigenvalue weighted by atomic mass is 32.2. The van der Waals surface area contributed by atoms with E-state index in [4.69, 9.17) is 0 Å². The van der Waals surface area contributed by atoms with Gasteiger partial charge in [0.25, 0.3) is 10.0 Å². The van der Waals surface area contributed by atoms with Crippen LogP contribution in [0.2, 0.25) is 0 Å². The smallest absolute Gasteiger partial charge is 0.333 e. The van der Waals surface area contributed by atoms with Gasteiger partial charge >= 0.3 is 6.03 Å². The Morgan fingerprint density at radius 2 is 1.73 bits per heavy atom. The lowest BCUT2D eigenvalue weighted by atomic mass is 9.90. The molecule has 0 bridgehead atoms. The number of urea groups is 1. The molecule has 3 rings (SSSR count). The SMILES string of the molecule is CC(C)c1cc(C#N)cc(C(C)C)c1NC(=O)NS(=O)(=O)c1ccc(C2(O)CC2)s1. The molecular formula is C21H25N3O4S2. The Morgan fingerprint density at radius 3 is 2.20 bits per heavy atom. The molecule has 7 nitrogen and oxygen atoms in total. The van der Waals surface area contributed by atoms with Crippen molar-refractivity contribution >= 4 is 33.1 Å². The molecule has 1 fully saturated rings. The number of thiophene rings is 1. The minimum Gasteiger partial charge on any atom is -0.384 e. The number of hydrogen-bond acceptors (Lipinski definition) is 6. The Labute approximate surface area is 180 Å². The number of nitriles is 1. The second kappa shape index (κ2) is 8.02. The van der Waals surface area contributed by atoms with Crippen molar-refractivity contribution in [2.75, 3.05) is 5.32 Å². The molecule has 2 amide bonds. The summed E-state index contributed by atoms with van der Waals surface area (Å²) in [4.78, 5) is 13.2. The fourth-order valence-corrected chi connectivity index (χ4v) is 5.56. The van der Waals surface area contributed by atoms with Crippen LogP contribution in [0.25, 0.3) is 0 Å². The van der Waals surface area contributed by atoms with Crippen LogP contribution in [-0.2, 0) is 15.6 Å². The zero-order chi connectivity index (χ0) is 22.3. The van der Waals surface area contributed by atoms with Gasteiger partial charge in [-0.05, 0) is 60.1 Å². The van der Waals surface area contributed by atoms with E-state index in [1.807, 2.05) is 27.7 Å². The average Bonchev–Trinajstić information content (AvgIpc) is 3.19. The Kier molecular flexibility index (Phi) is 5.96. The topological polar surface area (TPSA) is 119 Å². The molecule has 3 N–H and O–H groups in total. The molecule has 1 aliphatic carbocycles. The van der Waals surface area contributed by atoms with Crippen molar-refractivity contribution in [2.45, 2.75) is 62.2 Å². The molecule has 160 valence electrons. The number of anilines is 1. The van der Waals surface area contributed by atoms with Crippen LogP contribution in [0.1, 0.15) is 73.9 Å². The average molecular weight is 448 g/mol. The van der Waals surface area contributed by atoms with Crippen LogP contribution in [0.5, 0.6) is 0 Å². The molecule has 1 aromatic heterocycles. The highest BCUT2D eigenvalue weighted by molar-refractivity contribution is 7.92. The molecule has 0 aliphatic heterocycles. The minimum absolute atomic E-state index is 0.0156. The fourth-order valence-electron chi connectivity index (χ4n) is 3.20. The van der Waals surface area contributed by atoms with Gasteiger partial charge in [0.1, 0.15) is 4.21 Å². The molecule has 0 atom stereocenters. The first-order valence-corrected chi connectivity index (χ1v) is 12.0. The number of carbonyl (C=O) groups excluding carboxylic acids is 1. The van der Waals surface area contributed by atoms with Gasteiger partial charge in [0, 0.05) is 10.6 Å². The number of nitrogens with one attached hydrogen (secondary N) is 2. The van der Waals surface area contributed by atoms with Gasteiger partial charge in [0.15, 0.2) is 0 Å². The van der Waals surface area contributed by atoms with Gasteiger partial charge in [-0.25, -0.2) is 17.9 Å². The maximum atomic E-state index is 12.6. The number of aliphatic hydroxyl groups is 1. The molecule has 2 aromatic rings. The summed E-state index contributed by atoms with van der Waals surface area (Å²) in [6, 6.07) is 7.66. The van der Waals surface area contributed by atoms with Crippen LogP contribution >= 0.6 is 11.3 Å². The van der Waals surface area contributed by atoms with Crippen LogP contribution in [0.15, 0.2) is 28.5 Å². The van der Waals surface area contributed by atoms with Crippen molar-refractivity contribution in [3.63, 3.8) is 0 Å². The van der Waals surface area contributed by atoms with Crippen molar-refractivity contribution < 1.29 is 18.3 Å². The fraction of sp³-hybridized carbons (Fsp3) is 0.429. The van der Waals surface area contributed by atoms with E-state index in [-0.39, 0.29) is 16.0 Å². The van der Waals surface area contributed by atoms with Crippen LogP contribution in [-0.4, -0.2) is 19.6 Å². The van der Waals surface area contributed by atoms with Crippen LogP contribution in [0, 0.1) is 11.3 Å². The predicted octanol–water partition coefficient (Wildman–Crippen LogP) is 4.36. The van der Waals surface area contributed by atoms with Gasteiger partial charge in [-0.15, -0.1) is 11.3 Å². The lowest BCUT2D eigenvalue weighted by Gasteiger charge is -2.21. The highest BCUT2D eigenvalue weighted by Crippen LogP contribution is 2.48. The summed E-state index contributed by atoms with van der Waals surface area (Å²) in [7, 11) is -4.08. The molecular weight excluding hydrogens is 422 g/mol. The molecule has 1 saturated carbocycles. The zero-order valence-electron chi connectivity index (χ0n) is 17.3. The summed E-state index contributed by atoms with van der Waals surface area (Å²) in [6.07, 6.45) is 1.21. The summed E-state index contributed by atoms with van der Waals surface area (Å²) in [5.74, 6) is 0.0312. The van der Waals surface area contributed by atoms with Crippen molar-refractivity contribution in [3.05, 3.63) is 45.8 Å². The Morgan fingerprint density at radius 1 is 1.17 bits per heavy atom. The summed E-state index contributed by atoms with van der Waals surface area (Å²) in [5.41, 5.74) is 1.61. The van der Waals surface area contributed by atoms with Crippen molar-refractivity contribution in [1.29, 1.82) is 5.26 Å². The van der Waals surface area contributed by atoms with E-state index >= 15 is 0 Å². The maximum absolute atomic E-state index is 12.6. The number of hydrogen-bond donors (Lipinski definition) is 3. The van der Waals surface area contributed by atoms with Crippen LogP contribution < -0.4 is 10.0 Å². The van der Waals surface area contributed by atoms with E-state index in [1.165, 1.54) is 6.07 Å². The molecule has 1 aliphatic rings. The number of nitrogens with zero attached hydrogens (tertiary/aromatic N) is 1. The molecule has 30 heavy (non-hydrogen) atoms. The first-order chi connectivity index (χ1) is 14.0. The molecule has 1 heterocycles. The zero-order valence-corrected chi connectivity index (χ0v) is 18.9. The van der Waals surface area contributed by atoms with E-state index in [0.717, 1.165) is 22.5 Å². The Hall–Kier alpha value is -2.41. The number of carbonyl (C=O) groups is 1. The second-order valence-electron chi connectivity index (χ2n) is 8.16. The predicted molar refractivity (Wildman–Crippen MR) is 116 cm³/mol. The van der Waals surface area contributed by atoms with E-state index in [1.54, 1.807) is 18.2 Å². The van der Waals surface area contributed by atoms with Gasteiger partial charge in [-0.3, -0.25) is 0 Å². The lowest BCUT2D eigenvalue weighted by Crippen LogP contribution is -2.34. The van der Waals surface area contributed by atoms with E-state index < -0.39 is 21.7 Å². The number of amides is 2. The van der Waals surface area contributed by atoms with Gasteiger partial charge in [-0.1, -0.05) is 27.7 Å². The first kappa shape index (κ1) is 22.3. The molecule has 0 spiro atoms. The maximum Gasteiger partial charge on any atom is 0.333 e. The van der Waals surface area contributed by atoms with Crippen LogP contribution in [0.3, 0.4) is 0 Å². The highest BCUT2D eigenvalue weighted by Gasteiger charge is 2.44.